The fourth-order valence-electron chi connectivity index (χ4n) is 2.37. The molecule has 0 saturated heterocycles. The van der Waals surface area contributed by atoms with Gasteiger partial charge >= 0.3 is 0 Å². The number of furan rings is 1. The van der Waals surface area contributed by atoms with E-state index in [1.165, 1.54) is 0 Å². The lowest BCUT2D eigenvalue weighted by atomic mass is 10.2. The lowest BCUT2D eigenvalue weighted by Gasteiger charge is -2.14. The van der Waals surface area contributed by atoms with Crippen LogP contribution in [0.15, 0.2) is 40.8 Å². The van der Waals surface area contributed by atoms with Crippen molar-refractivity contribution in [3.63, 3.8) is 0 Å². The molecule has 1 aromatic heterocycles. The molecule has 1 atom stereocenters. The molecule has 6 heteroatoms. The second kappa shape index (κ2) is 7.18. The number of benzene rings is 1. The summed E-state index contributed by atoms with van der Waals surface area (Å²) < 4.78 is 5.62. The van der Waals surface area contributed by atoms with Crippen molar-refractivity contribution in [3.05, 3.63) is 47.2 Å². The first kappa shape index (κ1) is 16.9. The summed E-state index contributed by atoms with van der Waals surface area (Å²) in [7, 11) is 0. The van der Waals surface area contributed by atoms with E-state index in [2.05, 4.69) is 5.32 Å². The fourth-order valence-corrected chi connectivity index (χ4v) is 2.60. The third-order valence-electron chi connectivity index (χ3n) is 3.73. The first-order chi connectivity index (χ1) is 10.2. The molecule has 1 heterocycles. The van der Waals surface area contributed by atoms with Crippen LogP contribution in [0.5, 0.6) is 0 Å². The Labute approximate surface area is 140 Å². The Morgan fingerprint density at radius 3 is 2.68 bits per heavy atom. The number of nitrogens with two attached hydrogens (primary N) is 1. The van der Waals surface area contributed by atoms with Crippen molar-refractivity contribution in [1.29, 1.82) is 0 Å². The summed E-state index contributed by atoms with van der Waals surface area (Å²) in [6, 6.07) is 10.8. The van der Waals surface area contributed by atoms with Crippen LogP contribution in [0.4, 0.5) is 0 Å². The number of rotatable bonds is 5. The zero-order chi connectivity index (χ0) is 14.8. The van der Waals surface area contributed by atoms with Crippen molar-refractivity contribution in [2.75, 3.05) is 6.54 Å². The van der Waals surface area contributed by atoms with E-state index < -0.39 is 0 Å². The average Bonchev–Trinajstić information content (AvgIpc) is 3.21. The van der Waals surface area contributed by atoms with Gasteiger partial charge in [-0.15, -0.1) is 12.4 Å². The number of hydrogen-bond acceptors (Lipinski definition) is 3. The Bertz CT molecular complexity index is 653. The van der Waals surface area contributed by atoms with E-state index in [1.54, 1.807) is 18.2 Å². The van der Waals surface area contributed by atoms with Crippen molar-refractivity contribution in [3.8, 4) is 11.3 Å². The van der Waals surface area contributed by atoms with Crippen molar-refractivity contribution < 1.29 is 9.21 Å². The Hall–Kier alpha value is -1.49. The zero-order valence-electron chi connectivity index (χ0n) is 11.9. The van der Waals surface area contributed by atoms with E-state index in [0.29, 0.717) is 23.2 Å². The molecule has 2 aromatic rings. The summed E-state index contributed by atoms with van der Waals surface area (Å²) in [6.07, 6.45) is 2.26. The van der Waals surface area contributed by atoms with Crippen LogP contribution in [0.2, 0.25) is 5.02 Å². The molecule has 1 saturated carbocycles. The van der Waals surface area contributed by atoms with Crippen LogP contribution in [0.25, 0.3) is 11.3 Å². The lowest BCUT2D eigenvalue weighted by Crippen LogP contribution is -2.41. The first-order valence-electron chi connectivity index (χ1n) is 7.04. The minimum absolute atomic E-state index is 0. The van der Waals surface area contributed by atoms with E-state index in [-0.39, 0.29) is 30.1 Å². The summed E-state index contributed by atoms with van der Waals surface area (Å²) in [5.74, 6) is 1.15. The number of carbonyl (C=O) groups is 1. The summed E-state index contributed by atoms with van der Waals surface area (Å²) >= 11 is 6.13. The monoisotopic (exact) mass is 340 g/mol. The number of nitrogens with one attached hydrogen (secondary N) is 1. The molecule has 1 aliphatic carbocycles. The van der Waals surface area contributed by atoms with Crippen LogP contribution in [0, 0.1) is 5.92 Å². The molecule has 1 aliphatic rings. The van der Waals surface area contributed by atoms with Crippen LogP contribution >= 0.6 is 24.0 Å². The minimum Gasteiger partial charge on any atom is -0.451 e. The summed E-state index contributed by atoms with van der Waals surface area (Å²) in [4.78, 5) is 12.2. The highest BCUT2D eigenvalue weighted by atomic mass is 35.5. The molecule has 0 radical (unpaired) electrons. The van der Waals surface area contributed by atoms with Crippen LogP contribution in [-0.2, 0) is 0 Å². The van der Waals surface area contributed by atoms with Gasteiger partial charge in [0.05, 0.1) is 5.02 Å². The summed E-state index contributed by atoms with van der Waals surface area (Å²) in [6.45, 7) is 0.453. The van der Waals surface area contributed by atoms with Gasteiger partial charge in [0, 0.05) is 18.2 Å². The van der Waals surface area contributed by atoms with E-state index in [1.807, 2.05) is 18.2 Å². The highest BCUT2D eigenvalue weighted by Crippen LogP contribution is 2.33. The fraction of sp³-hybridized carbons (Fsp3) is 0.312. The number of hydrogen-bond donors (Lipinski definition) is 2. The Kier molecular flexibility index (Phi) is 5.51. The van der Waals surface area contributed by atoms with Gasteiger partial charge in [-0.2, -0.15) is 0 Å². The normalized spacial score (nSPS) is 15.0. The molecule has 1 aromatic carbocycles. The molecule has 1 unspecified atom stereocenters. The Balaban J connectivity index is 0.00000176. The van der Waals surface area contributed by atoms with Gasteiger partial charge in [0.15, 0.2) is 5.76 Å². The third-order valence-corrected chi connectivity index (χ3v) is 4.06. The van der Waals surface area contributed by atoms with Gasteiger partial charge in [0.1, 0.15) is 5.76 Å². The maximum absolute atomic E-state index is 12.2. The summed E-state index contributed by atoms with van der Waals surface area (Å²) in [5.41, 5.74) is 6.47. The minimum atomic E-state index is -0.226. The van der Waals surface area contributed by atoms with Gasteiger partial charge in [0.2, 0.25) is 0 Å². The Morgan fingerprint density at radius 2 is 2.05 bits per heavy atom. The quantitative estimate of drug-likeness (QED) is 0.875. The van der Waals surface area contributed by atoms with Gasteiger partial charge in [-0.3, -0.25) is 4.79 Å². The second-order valence-corrected chi connectivity index (χ2v) is 5.70. The topological polar surface area (TPSA) is 68.3 Å². The molecule has 1 fully saturated rings. The predicted molar refractivity (Wildman–Crippen MR) is 89.4 cm³/mol. The lowest BCUT2D eigenvalue weighted by molar-refractivity contribution is 0.0906. The molecular weight excluding hydrogens is 323 g/mol. The number of halogens is 2. The highest BCUT2D eigenvalue weighted by molar-refractivity contribution is 6.33. The van der Waals surface area contributed by atoms with Crippen molar-refractivity contribution in [2.45, 2.75) is 18.9 Å². The van der Waals surface area contributed by atoms with E-state index >= 15 is 0 Å². The molecule has 22 heavy (non-hydrogen) atoms. The molecule has 0 aliphatic heterocycles. The molecule has 1 amide bonds. The van der Waals surface area contributed by atoms with Crippen LogP contribution < -0.4 is 11.1 Å². The van der Waals surface area contributed by atoms with Crippen molar-refractivity contribution >= 4 is 29.9 Å². The molecular formula is C16H18Cl2N2O2. The standard InChI is InChI=1S/C16H17ClN2O2.ClH/c17-12-4-2-1-3-11(12)14-7-8-15(21-14)16(20)19-13(9-18)10-5-6-10;/h1-4,7-8,10,13H,5-6,9,18H2,(H,19,20);1H. The van der Waals surface area contributed by atoms with E-state index in [4.69, 9.17) is 21.8 Å². The van der Waals surface area contributed by atoms with Crippen molar-refractivity contribution in [1.82, 2.24) is 5.32 Å². The van der Waals surface area contributed by atoms with Crippen LogP contribution in [0.1, 0.15) is 23.4 Å². The third kappa shape index (κ3) is 3.64. The average molecular weight is 341 g/mol. The molecule has 3 rings (SSSR count). The number of carbonyl (C=O) groups excluding carboxylic acids is 1. The van der Waals surface area contributed by atoms with Crippen LogP contribution in [-0.4, -0.2) is 18.5 Å². The van der Waals surface area contributed by atoms with Gasteiger partial charge in [-0.05, 0) is 43.0 Å². The smallest absolute Gasteiger partial charge is 0.287 e. The maximum atomic E-state index is 12.2. The van der Waals surface area contributed by atoms with Gasteiger partial charge in [0.25, 0.3) is 5.91 Å². The van der Waals surface area contributed by atoms with E-state index in [9.17, 15) is 4.79 Å². The molecule has 4 nitrogen and oxygen atoms in total. The van der Waals surface area contributed by atoms with E-state index in [0.717, 1.165) is 18.4 Å². The zero-order valence-corrected chi connectivity index (χ0v) is 13.5. The van der Waals surface area contributed by atoms with Gasteiger partial charge in [-0.25, -0.2) is 0 Å². The van der Waals surface area contributed by atoms with Gasteiger partial charge in [-0.1, -0.05) is 23.7 Å². The maximum Gasteiger partial charge on any atom is 0.287 e. The largest absolute Gasteiger partial charge is 0.451 e. The molecule has 3 N–H and O–H groups in total. The molecule has 0 spiro atoms. The Morgan fingerprint density at radius 1 is 1.32 bits per heavy atom. The van der Waals surface area contributed by atoms with Gasteiger partial charge < -0.3 is 15.5 Å². The first-order valence-corrected chi connectivity index (χ1v) is 7.42. The number of amides is 1. The van der Waals surface area contributed by atoms with Crippen LogP contribution in [0.3, 0.4) is 0 Å². The van der Waals surface area contributed by atoms with Crippen molar-refractivity contribution in [2.24, 2.45) is 11.7 Å². The highest BCUT2D eigenvalue weighted by Gasteiger charge is 2.31. The molecule has 0 bridgehead atoms. The summed E-state index contributed by atoms with van der Waals surface area (Å²) in [5, 5.41) is 3.53. The second-order valence-electron chi connectivity index (χ2n) is 5.30. The predicted octanol–water partition coefficient (Wildman–Crippen LogP) is 3.49. The molecule has 118 valence electrons. The SMILES string of the molecule is Cl.NCC(NC(=O)c1ccc(-c2ccccc2Cl)o1)C1CC1.